The zero-order valence-electron chi connectivity index (χ0n) is 15.4. The molecule has 144 valence electrons. The summed E-state index contributed by atoms with van der Waals surface area (Å²) < 4.78 is 23.7. The van der Waals surface area contributed by atoms with Crippen molar-refractivity contribution in [3.8, 4) is 11.5 Å². The number of anilines is 1. The van der Waals surface area contributed by atoms with Crippen molar-refractivity contribution in [1.82, 2.24) is 4.90 Å². The molecule has 0 bridgehead atoms. The maximum absolute atomic E-state index is 13.2. The van der Waals surface area contributed by atoms with Gasteiger partial charge in [0.15, 0.2) is 11.5 Å². The van der Waals surface area contributed by atoms with E-state index < -0.39 is 11.5 Å². The molecule has 0 spiro atoms. The zero-order valence-corrected chi connectivity index (χ0v) is 15.4. The third-order valence-corrected chi connectivity index (χ3v) is 4.57. The molecule has 2 aliphatic heterocycles. The summed E-state index contributed by atoms with van der Waals surface area (Å²) in [5.74, 6) is 0.0332. The van der Waals surface area contributed by atoms with Crippen molar-refractivity contribution in [1.29, 1.82) is 0 Å². The highest BCUT2D eigenvalue weighted by Crippen LogP contribution is 2.34. The van der Waals surface area contributed by atoms with Crippen molar-refractivity contribution in [3.05, 3.63) is 53.8 Å². The van der Waals surface area contributed by atoms with Crippen molar-refractivity contribution in [2.45, 2.75) is 19.5 Å². The number of carbonyl (C=O) groups is 2. The molecule has 0 atom stereocenters. The minimum absolute atomic E-state index is 0.146. The standard InChI is InChI=1S/C20H18FN3O4/c1-20(2)23-18(12-3-5-13(21)6-4-12)19(26)24(20)10-17(25)22-14-7-8-15-16(9-14)28-11-27-15/h3-9H,10-11H2,1-2H3,(H,22,25). The number of benzene rings is 2. The van der Waals surface area contributed by atoms with Crippen molar-refractivity contribution in [2.75, 3.05) is 18.7 Å². The Morgan fingerprint density at radius 2 is 1.89 bits per heavy atom. The largest absolute Gasteiger partial charge is 0.454 e. The normalized spacial score (nSPS) is 16.9. The van der Waals surface area contributed by atoms with Gasteiger partial charge in [0.1, 0.15) is 23.7 Å². The molecule has 0 radical (unpaired) electrons. The predicted molar refractivity (Wildman–Crippen MR) is 99.9 cm³/mol. The van der Waals surface area contributed by atoms with Crippen LogP contribution in [0, 0.1) is 5.82 Å². The smallest absolute Gasteiger partial charge is 0.275 e. The van der Waals surface area contributed by atoms with Crippen molar-refractivity contribution >= 4 is 23.2 Å². The number of rotatable bonds is 4. The first-order valence-corrected chi connectivity index (χ1v) is 8.71. The van der Waals surface area contributed by atoms with Crippen molar-refractivity contribution in [2.24, 2.45) is 4.99 Å². The Kier molecular flexibility index (Phi) is 4.26. The maximum Gasteiger partial charge on any atom is 0.275 e. The number of amides is 2. The number of hydrogen-bond donors (Lipinski definition) is 1. The van der Waals surface area contributed by atoms with Crippen LogP contribution in [-0.2, 0) is 9.59 Å². The summed E-state index contributed by atoms with van der Waals surface area (Å²) >= 11 is 0. The van der Waals surface area contributed by atoms with E-state index in [1.807, 2.05) is 0 Å². The second kappa shape index (κ2) is 6.63. The van der Waals surface area contributed by atoms with Gasteiger partial charge in [-0.15, -0.1) is 0 Å². The van der Waals surface area contributed by atoms with Gasteiger partial charge in [0.05, 0.1) is 0 Å². The Bertz CT molecular complexity index is 985. The van der Waals surface area contributed by atoms with E-state index in [1.165, 1.54) is 29.2 Å². The SMILES string of the molecule is CC1(C)N=C(c2ccc(F)cc2)C(=O)N1CC(=O)Nc1ccc2c(c1)OCO2. The molecule has 2 heterocycles. The summed E-state index contributed by atoms with van der Waals surface area (Å²) in [6, 6.07) is 10.6. The highest BCUT2D eigenvalue weighted by molar-refractivity contribution is 6.47. The van der Waals surface area contributed by atoms with E-state index in [1.54, 1.807) is 32.0 Å². The molecular weight excluding hydrogens is 365 g/mol. The van der Waals surface area contributed by atoms with Crippen LogP contribution in [0.15, 0.2) is 47.5 Å². The molecule has 1 N–H and O–H groups in total. The highest BCUT2D eigenvalue weighted by Gasteiger charge is 2.41. The molecule has 0 aromatic heterocycles. The molecule has 2 aromatic rings. The van der Waals surface area contributed by atoms with E-state index >= 15 is 0 Å². The number of carbonyl (C=O) groups excluding carboxylic acids is 2. The molecule has 0 fully saturated rings. The van der Waals surface area contributed by atoms with Crippen LogP contribution in [0.1, 0.15) is 19.4 Å². The zero-order chi connectivity index (χ0) is 19.9. The van der Waals surface area contributed by atoms with E-state index in [9.17, 15) is 14.0 Å². The van der Waals surface area contributed by atoms with Gasteiger partial charge in [0.2, 0.25) is 12.7 Å². The lowest BCUT2D eigenvalue weighted by Crippen LogP contribution is -2.46. The summed E-state index contributed by atoms with van der Waals surface area (Å²) in [6.45, 7) is 3.46. The molecule has 0 saturated carbocycles. The molecule has 7 nitrogen and oxygen atoms in total. The number of nitrogens with one attached hydrogen (secondary N) is 1. The van der Waals surface area contributed by atoms with Crippen LogP contribution in [0.25, 0.3) is 0 Å². The van der Waals surface area contributed by atoms with Crippen LogP contribution in [0.5, 0.6) is 11.5 Å². The molecule has 0 aliphatic carbocycles. The summed E-state index contributed by atoms with van der Waals surface area (Å²) in [4.78, 5) is 31.2. The lowest BCUT2D eigenvalue weighted by molar-refractivity contribution is -0.131. The van der Waals surface area contributed by atoms with Crippen molar-refractivity contribution < 1.29 is 23.5 Å². The molecule has 4 rings (SSSR count). The Balaban J connectivity index is 1.47. The summed E-state index contributed by atoms with van der Waals surface area (Å²) in [7, 11) is 0. The second-order valence-corrected chi connectivity index (χ2v) is 6.97. The van der Waals surface area contributed by atoms with Gasteiger partial charge in [-0.1, -0.05) is 0 Å². The van der Waals surface area contributed by atoms with Gasteiger partial charge in [0, 0.05) is 17.3 Å². The van der Waals surface area contributed by atoms with Gasteiger partial charge in [-0.25, -0.2) is 4.39 Å². The van der Waals surface area contributed by atoms with E-state index in [4.69, 9.17) is 9.47 Å². The quantitative estimate of drug-likeness (QED) is 0.880. The van der Waals surface area contributed by atoms with E-state index in [2.05, 4.69) is 10.3 Å². The lowest BCUT2D eigenvalue weighted by atomic mass is 10.1. The first kappa shape index (κ1) is 18.0. The second-order valence-electron chi connectivity index (χ2n) is 6.97. The van der Waals surface area contributed by atoms with E-state index in [-0.39, 0.29) is 30.9 Å². The predicted octanol–water partition coefficient (Wildman–Crippen LogP) is 2.56. The van der Waals surface area contributed by atoms with Gasteiger partial charge < -0.3 is 19.7 Å². The number of nitrogens with zero attached hydrogens (tertiary/aromatic N) is 2. The third-order valence-electron chi connectivity index (χ3n) is 4.57. The van der Waals surface area contributed by atoms with Crippen LogP contribution in [-0.4, -0.2) is 41.4 Å². The molecule has 2 aromatic carbocycles. The molecular formula is C20H18FN3O4. The molecule has 28 heavy (non-hydrogen) atoms. The fourth-order valence-electron chi connectivity index (χ4n) is 3.14. The van der Waals surface area contributed by atoms with Crippen LogP contribution in [0.3, 0.4) is 0 Å². The van der Waals surface area contributed by atoms with E-state index in [0.717, 1.165) is 0 Å². The first-order valence-electron chi connectivity index (χ1n) is 8.71. The Morgan fingerprint density at radius 1 is 1.18 bits per heavy atom. The number of aliphatic imine (C=N–C) groups is 1. The lowest BCUT2D eigenvalue weighted by Gasteiger charge is -2.28. The number of halogens is 1. The number of fused-ring (bicyclic) bond motifs is 1. The summed E-state index contributed by atoms with van der Waals surface area (Å²) in [5.41, 5.74) is 0.366. The van der Waals surface area contributed by atoms with Gasteiger partial charge in [-0.2, -0.15) is 0 Å². The first-order chi connectivity index (χ1) is 13.3. The molecule has 2 amide bonds. The van der Waals surface area contributed by atoms with Crippen LogP contribution in [0.4, 0.5) is 10.1 Å². The van der Waals surface area contributed by atoms with Crippen LogP contribution < -0.4 is 14.8 Å². The Hall–Kier alpha value is -3.42. The fourth-order valence-corrected chi connectivity index (χ4v) is 3.14. The summed E-state index contributed by atoms with van der Waals surface area (Å²) in [5, 5.41) is 2.75. The number of ether oxygens (including phenoxy) is 2. The third kappa shape index (κ3) is 3.28. The molecule has 8 heteroatoms. The van der Waals surface area contributed by atoms with Gasteiger partial charge >= 0.3 is 0 Å². The maximum atomic E-state index is 13.2. The van der Waals surface area contributed by atoms with Crippen LogP contribution in [0.2, 0.25) is 0 Å². The summed E-state index contributed by atoms with van der Waals surface area (Å²) in [6.07, 6.45) is 0. The average molecular weight is 383 g/mol. The Labute approximate surface area is 160 Å². The van der Waals surface area contributed by atoms with Gasteiger partial charge in [0.25, 0.3) is 5.91 Å². The highest BCUT2D eigenvalue weighted by atomic mass is 19.1. The fraction of sp³-hybridized carbons (Fsp3) is 0.250. The van der Waals surface area contributed by atoms with Crippen molar-refractivity contribution in [3.63, 3.8) is 0 Å². The molecule has 0 unspecified atom stereocenters. The Morgan fingerprint density at radius 3 is 2.64 bits per heavy atom. The minimum atomic E-state index is -0.896. The van der Waals surface area contributed by atoms with Gasteiger partial charge in [-0.05, 0) is 50.2 Å². The minimum Gasteiger partial charge on any atom is -0.454 e. The molecule has 0 saturated heterocycles. The van der Waals surface area contributed by atoms with Gasteiger partial charge in [-0.3, -0.25) is 14.6 Å². The topological polar surface area (TPSA) is 80.2 Å². The van der Waals surface area contributed by atoms with E-state index in [0.29, 0.717) is 22.7 Å². The average Bonchev–Trinajstić information content (AvgIpc) is 3.20. The molecule has 2 aliphatic rings. The number of hydrogen-bond acceptors (Lipinski definition) is 5. The monoisotopic (exact) mass is 383 g/mol. The van der Waals surface area contributed by atoms with Crippen LogP contribution >= 0.6 is 0 Å².